The number of halogens is 1. The number of benzene rings is 1. The fourth-order valence-electron chi connectivity index (χ4n) is 1.39. The molecule has 0 radical (unpaired) electrons. The average Bonchev–Trinajstić information content (AvgIpc) is 2.75. The molecule has 1 aromatic heterocycles. The van der Waals surface area contributed by atoms with Crippen molar-refractivity contribution >= 4 is 39.4 Å². The van der Waals surface area contributed by atoms with Gasteiger partial charge in [0.1, 0.15) is 11.3 Å². The van der Waals surface area contributed by atoms with Crippen LogP contribution in [0.5, 0.6) is 5.75 Å². The molecule has 0 bridgehead atoms. The van der Waals surface area contributed by atoms with Gasteiger partial charge in [-0.1, -0.05) is 0 Å². The van der Waals surface area contributed by atoms with E-state index in [-0.39, 0.29) is 28.3 Å². The van der Waals surface area contributed by atoms with Crippen LogP contribution >= 0.6 is 28.3 Å². The van der Waals surface area contributed by atoms with E-state index >= 15 is 0 Å². The van der Waals surface area contributed by atoms with E-state index in [4.69, 9.17) is 5.73 Å². The number of rotatable bonds is 2. The van der Waals surface area contributed by atoms with Gasteiger partial charge in [0.2, 0.25) is 0 Å². The molecule has 0 unspecified atom stereocenters. The third-order valence-corrected chi connectivity index (χ3v) is 2.89. The summed E-state index contributed by atoms with van der Waals surface area (Å²) in [6.07, 6.45) is 0. The second kappa shape index (κ2) is 5.83. The number of aromatic hydroxyl groups is 1. The summed E-state index contributed by atoms with van der Waals surface area (Å²) in [6.45, 7) is 0. The normalized spacial score (nSPS) is 9.61. The lowest BCUT2D eigenvalue weighted by molar-refractivity contribution is 0.0597. The molecule has 0 saturated heterocycles. The van der Waals surface area contributed by atoms with E-state index in [0.29, 0.717) is 16.4 Å². The van der Waals surface area contributed by atoms with Crippen molar-refractivity contribution in [2.45, 2.75) is 0 Å². The largest absolute Gasteiger partial charge is 0.507 e. The van der Waals surface area contributed by atoms with Gasteiger partial charge in [-0.3, -0.25) is 0 Å². The van der Waals surface area contributed by atoms with E-state index in [1.165, 1.54) is 30.6 Å². The fourth-order valence-corrected chi connectivity index (χ4v) is 1.96. The molecule has 1 heterocycles. The molecule has 5 nitrogen and oxygen atoms in total. The number of ether oxygens (including phenoxy) is 1. The minimum Gasteiger partial charge on any atom is -0.507 e. The maximum Gasteiger partial charge on any atom is 0.341 e. The standard InChI is InChI=1S/C11H10N2O3S.BrH/c1-16-10(15)7-4-6(2-3-9(7)14)8-5-17-11(12)13-8;/h2-5,14H,1H3,(H2,12,13);1H. The van der Waals surface area contributed by atoms with E-state index in [1.54, 1.807) is 11.4 Å². The van der Waals surface area contributed by atoms with Crippen molar-refractivity contribution in [2.75, 3.05) is 12.8 Å². The first-order valence-corrected chi connectivity index (χ1v) is 5.62. The molecule has 0 amide bonds. The van der Waals surface area contributed by atoms with Crippen LogP contribution in [-0.2, 0) is 4.74 Å². The summed E-state index contributed by atoms with van der Waals surface area (Å²) >= 11 is 1.31. The molecular weight excluding hydrogens is 320 g/mol. The molecule has 18 heavy (non-hydrogen) atoms. The van der Waals surface area contributed by atoms with E-state index in [0.717, 1.165) is 0 Å². The third kappa shape index (κ3) is 2.80. The van der Waals surface area contributed by atoms with E-state index in [2.05, 4.69) is 9.72 Å². The Labute approximate surface area is 118 Å². The second-order valence-corrected chi connectivity index (χ2v) is 4.18. The van der Waals surface area contributed by atoms with Crippen molar-refractivity contribution in [3.63, 3.8) is 0 Å². The summed E-state index contributed by atoms with van der Waals surface area (Å²) in [4.78, 5) is 15.5. The van der Waals surface area contributed by atoms with Crippen molar-refractivity contribution in [2.24, 2.45) is 0 Å². The van der Waals surface area contributed by atoms with Crippen molar-refractivity contribution in [3.8, 4) is 17.0 Å². The molecular formula is C11H11BrN2O3S. The van der Waals surface area contributed by atoms with Gasteiger partial charge in [0.05, 0.1) is 12.8 Å². The van der Waals surface area contributed by atoms with Crippen LogP contribution in [0.1, 0.15) is 10.4 Å². The summed E-state index contributed by atoms with van der Waals surface area (Å²) in [7, 11) is 1.26. The molecule has 0 aliphatic heterocycles. The number of hydrogen-bond acceptors (Lipinski definition) is 6. The Balaban J connectivity index is 0.00000162. The molecule has 0 fully saturated rings. The highest BCUT2D eigenvalue weighted by Gasteiger charge is 2.13. The second-order valence-electron chi connectivity index (χ2n) is 3.29. The highest BCUT2D eigenvalue weighted by Crippen LogP contribution is 2.28. The lowest BCUT2D eigenvalue weighted by Crippen LogP contribution is -2.01. The van der Waals surface area contributed by atoms with Crippen LogP contribution in [0.4, 0.5) is 5.13 Å². The number of aromatic nitrogens is 1. The predicted octanol–water partition coefficient (Wildman–Crippen LogP) is 2.46. The lowest BCUT2D eigenvalue weighted by atomic mass is 10.1. The number of hydrogen-bond donors (Lipinski definition) is 2. The number of nitrogens with two attached hydrogens (primary N) is 1. The first-order chi connectivity index (χ1) is 8.11. The molecule has 1 aromatic carbocycles. The van der Waals surface area contributed by atoms with Crippen LogP contribution in [0, 0.1) is 0 Å². The molecule has 0 spiro atoms. The number of thiazole rings is 1. The molecule has 0 aliphatic carbocycles. The van der Waals surface area contributed by atoms with Crippen molar-refractivity contribution in [1.82, 2.24) is 4.98 Å². The van der Waals surface area contributed by atoms with Gasteiger partial charge in [-0.05, 0) is 18.2 Å². The van der Waals surface area contributed by atoms with Gasteiger partial charge in [-0.25, -0.2) is 9.78 Å². The van der Waals surface area contributed by atoms with Gasteiger partial charge in [0.15, 0.2) is 5.13 Å². The molecule has 7 heteroatoms. The van der Waals surface area contributed by atoms with Gasteiger partial charge in [0, 0.05) is 10.9 Å². The maximum absolute atomic E-state index is 11.4. The van der Waals surface area contributed by atoms with Crippen LogP contribution in [-0.4, -0.2) is 23.2 Å². The Bertz CT molecular complexity index is 571. The van der Waals surface area contributed by atoms with E-state index in [1.807, 2.05) is 0 Å². The quantitative estimate of drug-likeness (QED) is 0.826. The molecule has 0 atom stereocenters. The van der Waals surface area contributed by atoms with Crippen molar-refractivity contribution in [1.29, 1.82) is 0 Å². The van der Waals surface area contributed by atoms with Gasteiger partial charge in [0.25, 0.3) is 0 Å². The summed E-state index contributed by atoms with van der Waals surface area (Å²) in [5.74, 6) is -0.712. The van der Waals surface area contributed by atoms with Crippen LogP contribution < -0.4 is 5.73 Å². The van der Waals surface area contributed by atoms with Crippen molar-refractivity contribution in [3.05, 3.63) is 29.1 Å². The van der Waals surface area contributed by atoms with Crippen LogP contribution in [0.2, 0.25) is 0 Å². The molecule has 2 rings (SSSR count). The number of phenols is 1. The van der Waals surface area contributed by atoms with Gasteiger partial charge < -0.3 is 15.6 Å². The van der Waals surface area contributed by atoms with Crippen LogP contribution in [0.3, 0.4) is 0 Å². The Morgan fingerprint density at radius 1 is 1.50 bits per heavy atom. The monoisotopic (exact) mass is 330 g/mol. The SMILES string of the molecule is Br.COC(=O)c1cc(-c2csc(N)n2)ccc1O. The smallest absolute Gasteiger partial charge is 0.341 e. The fraction of sp³-hybridized carbons (Fsp3) is 0.0909. The Hall–Kier alpha value is -1.60. The summed E-state index contributed by atoms with van der Waals surface area (Å²) in [6, 6.07) is 4.61. The molecule has 0 aliphatic rings. The topological polar surface area (TPSA) is 85.4 Å². The first-order valence-electron chi connectivity index (χ1n) is 4.74. The number of carbonyl (C=O) groups excluding carboxylic acids is 1. The highest BCUT2D eigenvalue weighted by molar-refractivity contribution is 8.93. The molecule has 96 valence electrons. The van der Waals surface area contributed by atoms with E-state index < -0.39 is 5.97 Å². The predicted molar refractivity (Wildman–Crippen MR) is 75.3 cm³/mol. The minimum atomic E-state index is -0.590. The van der Waals surface area contributed by atoms with Crippen molar-refractivity contribution < 1.29 is 14.6 Å². The summed E-state index contributed by atoms with van der Waals surface area (Å²) in [5, 5.41) is 11.8. The highest BCUT2D eigenvalue weighted by atomic mass is 79.9. The number of nitrogens with zero attached hydrogens (tertiary/aromatic N) is 1. The zero-order valence-corrected chi connectivity index (χ0v) is 11.9. The lowest BCUT2D eigenvalue weighted by Gasteiger charge is -2.04. The Morgan fingerprint density at radius 3 is 2.78 bits per heavy atom. The number of phenolic OH excluding ortho intramolecular Hbond substituents is 1. The van der Waals surface area contributed by atoms with E-state index in [9.17, 15) is 9.90 Å². The number of nitrogen functional groups attached to an aromatic ring is 1. The number of anilines is 1. The Kier molecular flexibility index (Phi) is 4.69. The number of methoxy groups -OCH3 is 1. The number of carbonyl (C=O) groups is 1. The van der Waals surface area contributed by atoms with Crippen LogP contribution in [0.25, 0.3) is 11.3 Å². The minimum absolute atomic E-state index is 0. The van der Waals surface area contributed by atoms with Gasteiger partial charge in [-0.2, -0.15) is 0 Å². The molecule has 2 aromatic rings. The third-order valence-electron chi connectivity index (χ3n) is 2.22. The van der Waals surface area contributed by atoms with Gasteiger partial charge in [-0.15, -0.1) is 28.3 Å². The molecule has 0 saturated carbocycles. The van der Waals surface area contributed by atoms with Gasteiger partial charge >= 0.3 is 5.97 Å². The zero-order chi connectivity index (χ0) is 12.4. The summed E-state index contributed by atoms with van der Waals surface area (Å²) in [5.41, 5.74) is 7.01. The summed E-state index contributed by atoms with van der Waals surface area (Å²) < 4.78 is 4.57. The van der Waals surface area contributed by atoms with Crippen LogP contribution in [0.15, 0.2) is 23.6 Å². The number of esters is 1. The Morgan fingerprint density at radius 2 is 2.22 bits per heavy atom. The zero-order valence-electron chi connectivity index (χ0n) is 9.41. The molecule has 3 N–H and O–H groups in total. The first kappa shape index (κ1) is 14.5. The average molecular weight is 331 g/mol. The maximum atomic E-state index is 11.4.